The van der Waals surface area contributed by atoms with Gasteiger partial charge in [-0.15, -0.1) is 0 Å². The Morgan fingerprint density at radius 3 is 2.44 bits per heavy atom. The Morgan fingerprint density at radius 2 is 2.00 bits per heavy atom. The minimum atomic E-state index is -1.10. The fraction of sp³-hybridized carbons (Fsp3) is 0.800. The van der Waals surface area contributed by atoms with Gasteiger partial charge in [0.05, 0.1) is 19.3 Å². The van der Waals surface area contributed by atoms with Crippen LogP contribution in [0.15, 0.2) is 5.11 Å². The summed E-state index contributed by atoms with van der Waals surface area (Å²) in [5.74, 6) is -2.21. The number of azide groups is 1. The molecular formula is C10H17N3O5. The number of esters is 1. The maximum atomic E-state index is 11.7. The van der Waals surface area contributed by atoms with Crippen molar-refractivity contribution in [3.05, 3.63) is 10.4 Å². The molecule has 0 saturated carbocycles. The number of Topliss-reactive ketones (excluding diaryl/α,β-unsaturated/α-hetero) is 1. The van der Waals surface area contributed by atoms with E-state index < -0.39 is 23.8 Å². The molecule has 0 rings (SSSR count). The molecule has 0 spiro atoms. The van der Waals surface area contributed by atoms with Crippen LogP contribution >= 0.6 is 0 Å². The molecule has 0 aromatic carbocycles. The van der Waals surface area contributed by atoms with Crippen LogP contribution in [0.2, 0.25) is 0 Å². The molecule has 0 aromatic heterocycles. The van der Waals surface area contributed by atoms with Crippen LogP contribution in [0, 0.1) is 5.92 Å². The molecule has 2 unspecified atom stereocenters. The van der Waals surface area contributed by atoms with Crippen molar-refractivity contribution >= 4 is 11.8 Å². The van der Waals surface area contributed by atoms with Gasteiger partial charge in [0.25, 0.3) is 0 Å². The lowest BCUT2D eigenvalue weighted by atomic mass is 9.98. The third-order valence-electron chi connectivity index (χ3n) is 2.22. The summed E-state index contributed by atoms with van der Waals surface area (Å²) in [6.07, 6.45) is -0.826. The summed E-state index contributed by atoms with van der Waals surface area (Å²) in [4.78, 5) is 25.7. The van der Waals surface area contributed by atoms with Gasteiger partial charge in [-0.3, -0.25) is 9.59 Å². The van der Waals surface area contributed by atoms with Crippen LogP contribution in [0.25, 0.3) is 10.4 Å². The van der Waals surface area contributed by atoms with Crippen LogP contribution in [0.1, 0.15) is 6.92 Å². The quantitative estimate of drug-likeness (QED) is 0.151. The maximum Gasteiger partial charge on any atom is 0.319 e. The SMILES string of the molecule is COCCOC(=O)C(C(C)=O)C(CN=[N+]=[N-])OC. The van der Waals surface area contributed by atoms with Crippen molar-refractivity contribution in [1.29, 1.82) is 0 Å². The molecule has 0 heterocycles. The number of methoxy groups -OCH3 is 2. The van der Waals surface area contributed by atoms with Gasteiger partial charge in [-0.2, -0.15) is 0 Å². The van der Waals surface area contributed by atoms with Gasteiger partial charge in [-0.1, -0.05) is 5.11 Å². The van der Waals surface area contributed by atoms with Crippen LogP contribution in [-0.4, -0.2) is 51.8 Å². The van der Waals surface area contributed by atoms with Crippen molar-refractivity contribution in [1.82, 2.24) is 0 Å². The highest BCUT2D eigenvalue weighted by Crippen LogP contribution is 2.12. The van der Waals surface area contributed by atoms with Gasteiger partial charge in [0.1, 0.15) is 18.3 Å². The molecule has 0 saturated heterocycles. The van der Waals surface area contributed by atoms with Gasteiger partial charge < -0.3 is 14.2 Å². The molecule has 0 bridgehead atoms. The zero-order valence-corrected chi connectivity index (χ0v) is 10.7. The topological polar surface area (TPSA) is 111 Å². The summed E-state index contributed by atoms with van der Waals surface area (Å²) < 4.78 is 14.6. The van der Waals surface area contributed by atoms with Crippen molar-refractivity contribution < 1.29 is 23.8 Å². The highest BCUT2D eigenvalue weighted by atomic mass is 16.6. The van der Waals surface area contributed by atoms with E-state index in [1.54, 1.807) is 0 Å². The number of nitrogens with zero attached hydrogens (tertiary/aromatic N) is 3. The lowest BCUT2D eigenvalue weighted by Gasteiger charge is -2.20. The smallest absolute Gasteiger partial charge is 0.319 e. The van der Waals surface area contributed by atoms with Gasteiger partial charge in [0.2, 0.25) is 0 Å². The van der Waals surface area contributed by atoms with Crippen LogP contribution in [0.5, 0.6) is 0 Å². The van der Waals surface area contributed by atoms with Gasteiger partial charge in [-0.25, -0.2) is 0 Å². The van der Waals surface area contributed by atoms with E-state index in [-0.39, 0.29) is 19.8 Å². The van der Waals surface area contributed by atoms with E-state index in [4.69, 9.17) is 19.7 Å². The molecule has 8 heteroatoms. The van der Waals surface area contributed by atoms with E-state index in [9.17, 15) is 9.59 Å². The number of hydrogen-bond acceptors (Lipinski definition) is 6. The van der Waals surface area contributed by atoms with E-state index in [1.807, 2.05) is 0 Å². The predicted octanol–water partition coefficient (Wildman–Crippen LogP) is 0.706. The van der Waals surface area contributed by atoms with Gasteiger partial charge in [-0.05, 0) is 12.5 Å². The maximum absolute atomic E-state index is 11.7. The summed E-state index contributed by atoms with van der Waals surface area (Å²) in [5.41, 5.74) is 8.23. The highest BCUT2D eigenvalue weighted by molar-refractivity contribution is 5.98. The molecule has 8 nitrogen and oxygen atoms in total. The van der Waals surface area contributed by atoms with Crippen molar-refractivity contribution in [2.45, 2.75) is 13.0 Å². The van der Waals surface area contributed by atoms with Crippen molar-refractivity contribution in [2.24, 2.45) is 11.0 Å². The number of ether oxygens (including phenoxy) is 3. The number of carbonyl (C=O) groups excluding carboxylic acids is 2. The minimum absolute atomic E-state index is 0.0526. The Morgan fingerprint density at radius 1 is 1.33 bits per heavy atom. The molecule has 0 aliphatic carbocycles. The Balaban J connectivity index is 4.64. The lowest BCUT2D eigenvalue weighted by molar-refractivity contribution is -0.157. The van der Waals surface area contributed by atoms with E-state index in [1.165, 1.54) is 21.1 Å². The third-order valence-corrected chi connectivity index (χ3v) is 2.22. The molecule has 0 N–H and O–H groups in total. The zero-order chi connectivity index (χ0) is 14.0. The van der Waals surface area contributed by atoms with Crippen LogP contribution in [0.4, 0.5) is 0 Å². The molecule has 2 atom stereocenters. The van der Waals surface area contributed by atoms with E-state index in [0.29, 0.717) is 0 Å². The van der Waals surface area contributed by atoms with E-state index in [2.05, 4.69) is 10.0 Å². The van der Waals surface area contributed by atoms with Crippen molar-refractivity contribution in [3.8, 4) is 0 Å². The third kappa shape index (κ3) is 5.62. The average Bonchev–Trinajstić information content (AvgIpc) is 2.33. The molecule has 102 valence electrons. The summed E-state index contributed by atoms with van der Waals surface area (Å²) in [6, 6.07) is 0. The fourth-order valence-electron chi connectivity index (χ4n) is 1.33. The number of carbonyl (C=O) groups is 2. The first-order chi connectivity index (χ1) is 8.58. The Bertz CT molecular complexity index is 327. The lowest BCUT2D eigenvalue weighted by Crippen LogP contribution is -2.38. The molecule has 0 aromatic rings. The minimum Gasteiger partial charge on any atom is -0.463 e. The van der Waals surface area contributed by atoms with E-state index >= 15 is 0 Å². The first-order valence-corrected chi connectivity index (χ1v) is 5.28. The normalized spacial score (nSPS) is 13.3. The zero-order valence-electron chi connectivity index (χ0n) is 10.7. The monoisotopic (exact) mass is 259 g/mol. The molecule has 0 radical (unpaired) electrons. The van der Waals surface area contributed by atoms with Gasteiger partial charge >= 0.3 is 5.97 Å². The van der Waals surface area contributed by atoms with Crippen molar-refractivity contribution in [2.75, 3.05) is 34.0 Å². The molecular weight excluding hydrogens is 242 g/mol. The molecule has 0 amide bonds. The number of rotatable bonds is 9. The van der Waals surface area contributed by atoms with Crippen LogP contribution in [0.3, 0.4) is 0 Å². The second-order valence-electron chi connectivity index (χ2n) is 3.44. The number of ketones is 1. The second-order valence-corrected chi connectivity index (χ2v) is 3.44. The largest absolute Gasteiger partial charge is 0.463 e. The van der Waals surface area contributed by atoms with Crippen molar-refractivity contribution in [3.63, 3.8) is 0 Å². The highest BCUT2D eigenvalue weighted by Gasteiger charge is 2.33. The standard InChI is InChI=1S/C10H17N3O5/c1-7(14)9(8(17-3)6-12-13-11)10(15)18-5-4-16-2/h8-9H,4-6H2,1-3H3. The van der Waals surface area contributed by atoms with Gasteiger partial charge in [0, 0.05) is 19.1 Å². The van der Waals surface area contributed by atoms with Crippen LogP contribution < -0.4 is 0 Å². The average molecular weight is 259 g/mol. The summed E-state index contributed by atoms with van der Waals surface area (Å²) in [6.45, 7) is 1.43. The first kappa shape index (κ1) is 16.4. The second kappa shape index (κ2) is 9.41. The summed E-state index contributed by atoms with van der Waals surface area (Å²) in [5, 5.41) is 3.30. The first-order valence-electron chi connectivity index (χ1n) is 5.28. The molecule has 0 aliphatic rings. The van der Waals surface area contributed by atoms with E-state index in [0.717, 1.165) is 0 Å². The Kier molecular flexibility index (Phi) is 8.55. The Hall–Kier alpha value is -1.63. The molecule has 0 fully saturated rings. The molecule has 0 aliphatic heterocycles. The Labute approximate surface area is 105 Å². The summed E-state index contributed by atoms with van der Waals surface area (Å²) >= 11 is 0. The fourth-order valence-corrected chi connectivity index (χ4v) is 1.33. The molecule has 18 heavy (non-hydrogen) atoms. The predicted molar refractivity (Wildman–Crippen MR) is 61.8 cm³/mol. The van der Waals surface area contributed by atoms with Crippen LogP contribution in [-0.2, 0) is 23.8 Å². The van der Waals surface area contributed by atoms with Gasteiger partial charge in [0.15, 0.2) is 0 Å². The summed E-state index contributed by atoms with van der Waals surface area (Å²) in [7, 11) is 2.80. The number of hydrogen-bond donors (Lipinski definition) is 0.